The minimum Gasteiger partial charge on any atom is -0.378 e. The third-order valence-corrected chi connectivity index (χ3v) is 3.18. The molecule has 0 heterocycles. The van der Waals surface area contributed by atoms with Crippen molar-refractivity contribution in [3.63, 3.8) is 0 Å². The molecule has 0 aromatic heterocycles. The van der Waals surface area contributed by atoms with Crippen LogP contribution in [0.4, 0.5) is 0 Å². The first-order chi connectivity index (χ1) is 7.78. The Kier molecular flexibility index (Phi) is 3.59. The molecule has 0 atom stereocenters. The summed E-state index contributed by atoms with van der Waals surface area (Å²) in [6, 6.07) is 8.57. The van der Waals surface area contributed by atoms with E-state index in [1.165, 1.54) is 24.0 Å². The average molecular weight is 221 g/mol. The lowest BCUT2D eigenvalue weighted by atomic mass is 10.0. The molecule has 16 heavy (non-hydrogen) atoms. The molecule has 1 aliphatic rings. The second-order valence-corrected chi connectivity index (χ2v) is 4.41. The zero-order valence-corrected chi connectivity index (χ0v) is 9.95. The lowest BCUT2D eigenvalue weighted by molar-refractivity contribution is 0.0805. The van der Waals surface area contributed by atoms with E-state index in [0.29, 0.717) is 0 Å². The van der Waals surface area contributed by atoms with Crippen LogP contribution >= 0.6 is 0 Å². The van der Waals surface area contributed by atoms with Crippen molar-refractivity contribution in [3.05, 3.63) is 35.4 Å². The summed E-state index contributed by atoms with van der Waals surface area (Å²) in [6.07, 6.45) is 3.39. The molecule has 2 rings (SSSR count). The van der Waals surface area contributed by atoms with Gasteiger partial charge in [0.15, 0.2) is 0 Å². The quantitative estimate of drug-likeness (QED) is 0.746. The van der Waals surface area contributed by atoms with E-state index in [-0.39, 0.29) is 5.60 Å². The van der Waals surface area contributed by atoms with E-state index < -0.39 is 0 Å². The smallest absolute Gasteiger partial charge is 0.0721 e. The van der Waals surface area contributed by atoms with Crippen LogP contribution in [0.1, 0.15) is 24.0 Å². The molecule has 1 saturated carbocycles. The topological polar surface area (TPSA) is 30.5 Å². The van der Waals surface area contributed by atoms with Gasteiger partial charge in [-0.25, -0.2) is 0 Å². The van der Waals surface area contributed by atoms with Gasteiger partial charge in [-0.1, -0.05) is 24.3 Å². The zero-order valence-electron chi connectivity index (χ0n) is 9.95. The number of hydrogen-bond donors (Lipinski definition) is 1. The number of rotatable bonds is 6. The van der Waals surface area contributed by atoms with E-state index in [1.807, 2.05) is 7.11 Å². The van der Waals surface area contributed by atoms with Gasteiger partial charge in [0.2, 0.25) is 0 Å². The first-order valence-electron chi connectivity index (χ1n) is 5.67. The van der Waals surface area contributed by atoms with Crippen molar-refractivity contribution in [2.24, 2.45) is 0 Å². The van der Waals surface area contributed by atoms with Gasteiger partial charge in [0.1, 0.15) is 0 Å². The Labute approximate surface area is 96.7 Å². The molecule has 1 fully saturated rings. The maximum Gasteiger partial charge on any atom is 0.0721 e. The second kappa shape index (κ2) is 4.95. The molecule has 88 valence electrons. The fourth-order valence-corrected chi connectivity index (χ4v) is 1.97. The number of hydrogen-bond acceptors (Lipinski definition) is 3. The summed E-state index contributed by atoms with van der Waals surface area (Å²) in [5.74, 6) is 0. The summed E-state index contributed by atoms with van der Waals surface area (Å²) < 4.78 is 5.53. The molecule has 0 radical (unpaired) electrons. The van der Waals surface area contributed by atoms with E-state index in [0.717, 1.165) is 13.0 Å². The summed E-state index contributed by atoms with van der Waals surface area (Å²) in [4.78, 5) is 4.85. The van der Waals surface area contributed by atoms with E-state index in [1.54, 1.807) is 7.11 Å². The maximum absolute atomic E-state index is 5.53. The molecule has 1 aromatic rings. The van der Waals surface area contributed by atoms with Gasteiger partial charge in [-0.3, -0.25) is 0 Å². The molecule has 0 amide bonds. The summed E-state index contributed by atoms with van der Waals surface area (Å²) in [5.41, 5.74) is 5.57. The highest BCUT2D eigenvalue weighted by Crippen LogP contribution is 2.41. The third kappa shape index (κ3) is 2.82. The van der Waals surface area contributed by atoms with Crippen LogP contribution in [0.2, 0.25) is 0 Å². The van der Waals surface area contributed by atoms with Crippen molar-refractivity contribution in [1.29, 1.82) is 0 Å². The predicted molar refractivity (Wildman–Crippen MR) is 63.0 cm³/mol. The number of methoxy groups -OCH3 is 1. The van der Waals surface area contributed by atoms with Crippen LogP contribution in [0, 0.1) is 0 Å². The first-order valence-corrected chi connectivity index (χ1v) is 5.67. The van der Waals surface area contributed by atoms with Crippen LogP contribution in [0.25, 0.3) is 0 Å². The molecule has 3 nitrogen and oxygen atoms in total. The molecular weight excluding hydrogens is 202 g/mol. The van der Waals surface area contributed by atoms with Crippen molar-refractivity contribution in [3.8, 4) is 0 Å². The Balaban J connectivity index is 1.99. The molecule has 0 spiro atoms. The molecule has 0 bridgehead atoms. The van der Waals surface area contributed by atoms with Crippen LogP contribution < -0.4 is 5.48 Å². The van der Waals surface area contributed by atoms with Crippen LogP contribution in [0.5, 0.6) is 0 Å². The predicted octanol–water partition coefficient (Wildman–Crippen LogP) is 2.06. The van der Waals surface area contributed by atoms with Crippen LogP contribution in [-0.2, 0) is 22.5 Å². The van der Waals surface area contributed by atoms with Gasteiger partial charge >= 0.3 is 0 Å². The van der Waals surface area contributed by atoms with E-state index in [2.05, 4.69) is 29.7 Å². The van der Waals surface area contributed by atoms with Gasteiger partial charge in [-0.2, -0.15) is 5.48 Å². The largest absolute Gasteiger partial charge is 0.378 e. The number of ether oxygens (including phenoxy) is 1. The highest BCUT2D eigenvalue weighted by molar-refractivity contribution is 5.26. The molecule has 1 aromatic carbocycles. The summed E-state index contributed by atoms with van der Waals surface area (Å²) in [7, 11) is 3.44. The first kappa shape index (κ1) is 11.6. The highest BCUT2D eigenvalue weighted by atomic mass is 16.6. The molecule has 0 aliphatic heterocycles. The van der Waals surface area contributed by atoms with Crippen molar-refractivity contribution in [2.45, 2.75) is 31.4 Å². The minimum absolute atomic E-state index is 0.132. The fraction of sp³-hybridized carbons (Fsp3) is 0.538. The Morgan fingerprint density at radius 2 is 2.00 bits per heavy atom. The minimum atomic E-state index is 0.132. The van der Waals surface area contributed by atoms with Crippen molar-refractivity contribution in [1.82, 2.24) is 5.48 Å². The summed E-state index contributed by atoms with van der Waals surface area (Å²) in [6.45, 7) is 0.740. The Bertz CT molecular complexity index is 348. The summed E-state index contributed by atoms with van der Waals surface area (Å²) in [5, 5.41) is 0. The third-order valence-electron chi connectivity index (χ3n) is 3.18. The molecule has 0 saturated heterocycles. The van der Waals surface area contributed by atoms with Crippen molar-refractivity contribution < 1.29 is 9.57 Å². The maximum atomic E-state index is 5.53. The Morgan fingerprint density at radius 1 is 1.25 bits per heavy atom. The van der Waals surface area contributed by atoms with Crippen LogP contribution in [0.3, 0.4) is 0 Å². The molecular formula is C13H19NO2. The second-order valence-electron chi connectivity index (χ2n) is 4.41. The van der Waals surface area contributed by atoms with Crippen LogP contribution in [0.15, 0.2) is 24.3 Å². The van der Waals surface area contributed by atoms with E-state index in [9.17, 15) is 0 Å². The van der Waals surface area contributed by atoms with Crippen molar-refractivity contribution >= 4 is 0 Å². The average Bonchev–Trinajstić information content (AvgIpc) is 3.07. The normalized spacial score (nSPS) is 17.4. The SMILES string of the molecule is CONCc1cccc(CC2(OC)CC2)c1. The van der Waals surface area contributed by atoms with E-state index >= 15 is 0 Å². The lowest BCUT2D eigenvalue weighted by Gasteiger charge is -2.13. The van der Waals surface area contributed by atoms with Gasteiger partial charge in [0, 0.05) is 20.1 Å². The van der Waals surface area contributed by atoms with Crippen molar-refractivity contribution in [2.75, 3.05) is 14.2 Å². The monoisotopic (exact) mass is 221 g/mol. The fourth-order valence-electron chi connectivity index (χ4n) is 1.97. The standard InChI is InChI=1S/C13H19NO2/c1-15-13(6-7-13)9-11-4-3-5-12(8-11)10-14-16-2/h3-5,8,14H,6-7,9-10H2,1-2H3. The Morgan fingerprint density at radius 3 is 2.62 bits per heavy atom. The van der Waals surface area contributed by atoms with Gasteiger partial charge in [0.05, 0.1) is 12.7 Å². The molecule has 1 N–H and O–H groups in total. The van der Waals surface area contributed by atoms with E-state index in [4.69, 9.17) is 9.57 Å². The number of hydroxylamine groups is 1. The van der Waals surface area contributed by atoms with Gasteiger partial charge in [-0.05, 0) is 24.0 Å². The van der Waals surface area contributed by atoms with Gasteiger partial charge in [-0.15, -0.1) is 0 Å². The number of nitrogens with one attached hydrogen (secondary N) is 1. The lowest BCUT2D eigenvalue weighted by Crippen LogP contribution is -2.15. The molecule has 0 unspecified atom stereocenters. The molecule has 3 heteroatoms. The summed E-state index contributed by atoms with van der Waals surface area (Å²) >= 11 is 0. The van der Waals surface area contributed by atoms with Gasteiger partial charge < -0.3 is 9.57 Å². The number of benzene rings is 1. The van der Waals surface area contributed by atoms with Crippen LogP contribution in [-0.4, -0.2) is 19.8 Å². The Hall–Kier alpha value is -0.900. The highest BCUT2D eigenvalue weighted by Gasteiger charge is 2.42. The molecule has 1 aliphatic carbocycles. The zero-order chi connectivity index (χ0) is 11.4. The van der Waals surface area contributed by atoms with Gasteiger partial charge in [0.25, 0.3) is 0 Å².